The molecule has 0 aliphatic rings. The molecule has 0 bridgehead atoms. The summed E-state index contributed by atoms with van der Waals surface area (Å²) in [6.45, 7) is 1.64. The first-order chi connectivity index (χ1) is 8.38. The fourth-order valence-corrected chi connectivity index (χ4v) is 1.53. The van der Waals surface area contributed by atoms with E-state index in [1.807, 2.05) is 24.3 Å². The number of rotatable bonds is 5. The van der Waals surface area contributed by atoms with Crippen LogP contribution in [0.4, 0.5) is 0 Å². The first kappa shape index (κ1) is 11.7. The van der Waals surface area contributed by atoms with Gasteiger partial charge in [-0.15, -0.1) is 0 Å². The van der Waals surface area contributed by atoms with Crippen LogP contribution in [-0.4, -0.2) is 15.1 Å². The standard InChI is InChI=1S/C13H15N3O/c17-9-12-3-1-11(2-4-12)5-14-6-13-7-15-10-16-8-13/h1-4,7-8,10,14,17H,5-6,9H2. The number of aromatic nitrogens is 2. The lowest BCUT2D eigenvalue weighted by Crippen LogP contribution is -2.12. The lowest BCUT2D eigenvalue weighted by atomic mass is 10.1. The summed E-state index contributed by atoms with van der Waals surface area (Å²) in [5, 5.41) is 12.2. The number of hydrogen-bond donors (Lipinski definition) is 2. The Bertz CT molecular complexity index is 442. The molecule has 0 radical (unpaired) electrons. The molecular formula is C13H15N3O. The maximum absolute atomic E-state index is 8.92. The predicted molar refractivity (Wildman–Crippen MR) is 64.9 cm³/mol. The van der Waals surface area contributed by atoms with Gasteiger partial charge in [0.05, 0.1) is 6.61 Å². The van der Waals surface area contributed by atoms with Gasteiger partial charge >= 0.3 is 0 Å². The first-order valence-electron chi connectivity index (χ1n) is 5.52. The topological polar surface area (TPSA) is 58.0 Å². The SMILES string of the molecule is OCc1ccc(CNCc2cncnc2)cc1. The van der Waals surface area contributed by atoms with Gasteiger partial charge in [0, 0.05) is 31.0 Å². The Labute approximate surface area is 100 Å². The number of hydrogen-bond acceptors (Lipinski definition) is 4. The molecule has 1 heterocycles. The lowest BCUT2D eigenvalue weighted by molar-refractivity contribution is 0.282. The quantitative estimate of drug-likeness (QED) is 0.810. The van der Waals surface area contributed by atoms with Gasteiger partial charge in [0.1, 0.15) is 6.33 Å². The van der Waals surface area contributed by atoms with Gasteiger partial charge in [0.15, 0.2) is 0 Å². The van der Waals surface area contributed by atoms with E-state index in [2.05, 4.69) is 15.3 Å². The van der Waals surface area contributed by atoms with Crippen LogP contribution in [-0.2, 0) is 19.7 Å². The van der Waals surface area contributed by atoms with Gasteiger partial charge in [-0.2, -0.15) is 0 Å². The van der Waals surface area contributed by atoms with Crippen LogP contribution >= 0.6 is 0 Å². The van der Waals surface area contributed by atoms with Gasteiger partial charge in [0.25, 0.3) is 0 Å². The average Bonchev–Trinajstić information content (AvgIpc) is 2.41. The van der Waals surface area contributed by atoms with Crippen molar-refractivity contribution in [1.29, 1.82) is 0 Å². The number of aliphatic hydroxyl groups excluding tert-OH is 1. The summed E-state index contributed by atoms with van der Waals surface area (Å²) in [7, 11) is 0. The molecule has 0 amide bonds. The molecular weight excluding hydrogens is 214 g/mol. The molecule has 0 saturated heterocycles. The van der Waals surface area contributed by atoms with Crippen molar-refractivity contribution in [1.82, 2.24) is 15.3 Å². The molecule has 0 spiro atoms. The molecule has 88 valence electrons. The van der Waals surface area contributed by atoms with Crippen molar-refractivity contribution >= 4 is 0 Å². The Kier molecular flexibility index (Phi) is 4.18. The summed E-state index contributed by atoms with van der Waals surface area (Å²) in [5.41, 5.74) is 3.20. The minimum atomic E-state index is 0.0923. The van der Waals surface area contributed by atoms with Crippen LogP contribution in [0.3, 0.4) is 0 Å². The van der Waals surface area contributed by atoms with Crippen molar-refractivity contribution in [3.63, 3.8) is 0 Å². The zero-order chi connectivity index (χ0) is 11.9. The third-order valence-corrected chi connectivity index (χ3v) is 2.48. The van der Waals surface area contributed by atoms with Gasteiger partial charge in [0.2, 0.25) is 0 Å². The molecule has 0 unspecified atom stereocenters. The highest BCUT2D eigenvalue weighted by molar-refractivity contribution is 5.21. The zero-order valence-corrected chi connectivity index (χ0v) is 9.50. The molecule has 4 heteroatoms. The van der Waals surface area contributed by atoms with Crippen LogP contribution in [0.1, 0.15) is 16.7 Å². The number of nitrogens with zero attached hydrogens (tertiary/aromatic N) is 2. The van der Waals surface area contributed by atoms with Crippen LogP contribution in [0, 0.1) is 0 Å². The molecule has 0 atom stereocenters. The highest BCUT2D eigenvalue weighted by atomic mass is 16.3. The fraction of sp³-hybridized carbons (Fsp3) is 0.231. The summed E-state index contributed by atoms with van der Waals surface area (Å²) < 4.78 is 0. The van der Waals surface area contributed by atoms with Gasteiger partial charge in [-0.25, -0.2) is 9.97 Å². The minimum Gasteiger partial charge on any atom is -0.392 e. The van der Waals surface area contributed by atoms with Gasteiger partial charge < -0.3 is 10.4 Å². The first-order valence-corrected chi connectivity index (χ1v) is 5.52. The van der Waals surface area contributed by atoms with E-state index in [4.69, 9.17) is 5.11 Å². The van der Waals surface area contributed by atoms with Crippen LogP contribution in [0.15, 0.2) is 43.0 Å². The van der Waals surface area contributed by atoms with E-state index >= 15 is 0 Å². The normalized spacial score (nSPS) is 10.4. The molecule has 0 fully saturated rings. The summed E-state index contributed by atoms with van der Waals surface area (Å²) >= 11 is 0. The largest absolute Gasteiger partial charge is 0.392 e. The Morgan fingerprint density at radius 2 is 1.47 bits per heavy atom. The average molecular weight is 229 g/mol. The van der Waals surface area contributed by atoms with Crippen molar-refractivity contribution in [2.75, 3.05) is 0 Å². The Morgan fingerprint density at radius 1 is 0.882 bits per heavy atom. The summed E-state index contributed by atoms with van der Waals surface area (Å²) in [6.07, 6.45) is 5.13. The monoisotopic (exact) mass is 229 g/mol. The van der Waals surface area contributed by atoms with Crippen LogP contribution in [0.5, 0.6) is 0 Å². The van der Waals surface area contributed by atoms with Crippen molar-refractivity contribution in [3.05, 3.63) is 59.7 Å². The summed E-state index contributed by atoms with van der Waals surface area (Å²) in [5.74, 6) is 0. The highest BCUT2D eigenvalue weighted by Crippen LogP contribution is 2.04. The highest BCUT2D eigenvalue weighted by Gasteiger charge is 1.95. The predicted octanol–water partition coefficient (Wildman–Crippen LogP) is 1.26. The Hall–Kier alpha value is -1.78. The molecule has 0 aliphatic heterocycles. The van der Waals surface area contributed by atoms with E-state index in [0.717, 1.165) is 24.2 Å². The number of nitrogens with one attached hydrogen (secondary N) is 1. The van der Waals surface area contributed by atoms with Crippen LogP contribution in [0.25, 0.3) is 0 Å². The second-order valence-electron chi connectivity index (χ2n) is 3.82. The zero-order valence-electron chi connectivity index (χ0n) is 9.50. The van der Waals surface area contributed by atoms with Crippen molar-refractivity contribution in [3.8, 4) is 0 Å². The van der Waals surface area contributed by atoms with Crippen molar-refractivity contribution in [2.24, 2.45) is 0 Å². The molecule has 0 saturated carbocycles. The smallest absolute Gasteiger partial charge is 0.115 e. The van der Waals surface area contributed by atoms with Gasteiger partial charge in [-0.3, -0.25) is 0 Å². The summed E-state index contributed by atoms with van der Waals surface area (Å²) in [4.78, 5) is 7.91. The van der Waals surface area contributed by atoms with E-state index in [-0.39, 0.29) is 6.61 Å². The van der Waals surface area contributed by atoms with Crippen molar-refractivity contribution < 1.29 is 5.11 Å². The second-order valence-corrected chi connectivity index (χ2v) is 3.82. The van der Waals surface area contributed by atoms with Gasteiger partial charge in [-0.05, 0) is 11.1 Å². The van der Waals surface area contributed by atoms with Crippen molar-refractivity contribution in [2.45, 2.75) is 19.7 Å². The lowest BCUT2D eigenvalue weighted by Gasteiger charge is -2.05. The van der Waals surface area contributed by atoms with Gasteiger partial charge in [-0.1, -0.05) is 24.3 Å². The Morgan fingerprint density at radius 3 is 2.12 bits per heavy atom. The summed E-state index contributed by atoms with van der Waals surface area (Å²) in [6, 6.07) is 7.89. The number of aliphatic hydroxyl groups is 1. The minimum absolute atomic E-state index is 0.0923. The molecule has 2 N–H and O–H groups in total. The fourth-order valence-electron chi connectivity index (χ4n) is 1.53. The van der Waals surface area contributed by atoms with E-state index < -0.39 is 0 Å². The molecule has 17 heavy (non-hydrogen) atoms. The molecule has 2 rings (SSSR count). The molecule has 0 aliphatic carbocycles. The van der Waals surface area contributed by atoms with E-state index in [9.17, 15) is 0 Å². The molecule has 2 aromatic rings. The second kappa shape index (κ2) is 6.08. The van der Waals surface area contributed by atoms with E-state index in [0.29, 0.717) is 0 Å². The molecule has 4 nitrogen and oxygen atoms in total. The molecule has 1 aromatic heterocycles. The van der Waals surface area contributed by atoms with E-state index in [1.165, 1.54) is 11.9 Å². The van der Waals surface area contributed by atoms with Crippen LogP contribution < -0.4 is 5.32 Å². The number of benzene rings is 1. The third-order valence-electron chi connectivity index (χ3n) is 2.48. The maximum Gasteiger partial charge on any atom is 0.115 e. The Balaban J connectivity index is 1.82. The molecule has 1 aromatic carbocycles. The van der Waals surface area contributed by atoms with E-state index in [1.54, 1.807) is 12.4 Å². The van der Waals surface area contributed by atoms with Crippen LogP contribution in [0.2, 0.25) is 0 Å². The third kappa shape index (κ3) is 3.62. The maximum atomic E-state index is 8.92.